The van der Waals surface area contributed by atoms with Crippen molar-refractivity contribution < 1.29 is 17.8 Å². The minimum atomic E-state index is -3.47. The molecular formula is C13H28F2O2P2. The minimum Gasteiger partial charge on any atom is -0.272 e. The highest BCUT2D eigenvalue weighted by molar-refractivity contribution is 7.54. The number of hydrogen-bond acceptors (Lipinski definition) is 2. The fraction of sp³-hybridized carbons (Fsp3) is 1.00. The first kappa shape index (κ1) is 19.6. The highest BCUT2D eigenvalue weighted by Crippen LogP contribution is 2.57. The lowest BCUT2D eigenvalue weighted by Crippen LogP contribution is -2.26. The summed E-state index contributed by atoms with van der Waals surface area (Å²) >= 11 is 0. The maximum Gasteiger partial charge on any atom is 0.491 e. The number of halogens is 2. The van der Waals surface area contributed by atoms with E-state index >= 15 is 0 Å². The van der Waals surface area contributed by atoms with Crippen LogP contribution in [0, 0.1) is 0 Å². The molecular weight excluding hydrogens is 288 g/mol. The van der Waals surface area contributed by atoms with E-state index in [2.05, 4.69) is 0 Å². The van der Waals surface area contributed by atoms with Gasteiger partial charge in [0.05, 0.1) is 0 Å². The maximum absolute atomic E-state index is 14.0. The van der Waals surface area contributed by atoms with Gasteiger partial charge in [0, 0.05) is 16.3 Å². The van der Waals surface area contributed by atoms with E-state index in [1.54, 1.807) is 0 Å². The topological polar surface area (TPSA) is 18.5 Å². The third kappa shape index (κ3) is 7.27. The predicted molar refractivity (Wildman–Crippen MR) is 81.5 cm³/mol. The maximum atomic E-state index is 14.0. The predicted octanol–water partition coefficient (Wildman–Crippen LogP) is 6.00. The Morgan fingerprint density at radius 2 is 0.842 bits per heavy atom. The molecule has 116 valence electrons. The molecule has 2 nitrogen and oxygen atoms in total. The molecule has 0 aromatic rings. The van der Waals surface area contributed by atoms with Gasteiger partial charge in [-0.2, -0.15) is 0 Å². The molecule has 0 aliphatic carbocycles. The van der Waals surface area contributed by atoms with Crippen LogP contribution in [-0.4, -0.2) is 28.9 Å². The molecule has 0 atom stereocenters. The van der Waals surface area contributed by atoms with Gasteiger partial charge in [0.25, 0.3) is 0 Å². The summed E-state index contributed by atoms with van der Waals surface area (Å²) in [6.45, 7) is 15.3. The summed E-state index contributed by atoms with van der Waals surface area (Å²) < 4.78 is 37.9. The van der Waals surface area contributed by atoms with Crippen LogP contribution in [0.15, 0.2) is 0 Å². The molecule has 0 radical (unpaired) electrons. The molecule has 0 bridgehead atoms. The third-order valence-corrected chi connectivity index (χ3v) is 7.38. The Kier molecular flexibility index (Phi) is 8.45. The van der Waals surface area contributed by atoms with Gasteiger partial charge in [-0.15, -0.1) is 8.78 Å². The van der Waals surface area contributed by atoms with Gasteiger partial charge in [0.2, 0.25) is 0 Å². The molecule has 19 heavy (non-hydrogen) atoms. The molecule has 0 aromatic heterocycles. The first-order valence-electron chi connectivity index (χ1n) is 6.80. The van der Waals surface area contributed by atoms with Crippen molar-refractivity contribution in [2.75, 3.05) is 0 Å². The summed E-state index contributed by atoms with van der Waals surface area (Å²) in [7, 11) is -2.40. The Balaban J connectivity index is 4.77. The van der Waals surface area contributed by atoms with E-state index in [0.717, 1.165) is 0 Å². The zero-order chi connectivity index (χ0) is 15.4. The Labute approximate surface area is 119 Å². The molecule has 0 fully saturated rings. The summed E-state index contributed by atoms with van der Waals surface area (Å²) in [4.78, 5) is 0. The molecule has 0 amide bonds. The van der Waals surface area contributed by atoms with Crippen molar-refractivity contribution in [1.29, 1.82) is 0 Å². The SMILES string of the molecule is CC(C)P(OC(F)(F)OP(C(C)C)C(C)C)C(C)C. The zero-order valence-corrected chi connectivity index (χ0v) is 15.1. The van der Waals surface area contributed by atoms with Crippen LogP contribution in [0.25, 0.3) is 0 Å². The van der Waals surface area contributed by atoms with Crippen LogP contribution in [0.3, 0.4) is 0 Å². The average molecular weight is 316 g/mol. The van der Waals surface area contributed by atoms with E-state index in [1.807, 2.05) is 55.4 Å². The smallest absolute Gasteiger partial charge is 0.272 e. The monoisotopic (exact) mass is 316 g/mol. The van der Waals surface area contributed by atoms with Gasteiger partial charge in [0.1, 0.15) is 0 Å². The third-order valence-electron chi connectivity index (χ3n) is 2.46. The Morgan fingerprint density at radius 1 is 0.632 bits per heavy atom. The quantitative estimate of drug-likeness (QED) is 0.404. The second kappa shape index (κ2) is 8.17. The van der Waals surface area contributed by atoms with Crippen molar-refractivity contribution in [3.8, 4) is 0 Å². The summed E-state index contributed by atoms with van der Waals surface area (Å²) in [5.74, 6) is 0. The van der Waals surface area contributed by atoms with Crippen LogP contribution >= 0.6 is 16.3 Å². The fourth-order valence-corrected chi connectivity index (χ4v) is 5.73. The van der Waals surface area contributed by atoms with Gasteiger partial charge >= 0.3 is 6.29 Å². The van der Waals surface area contributed by atoms with E-state index in [-0.39, 0.29) is 22.6 Å². The van der Waals surface area contributed by atoms with E-state index in [4.69, 9.17) is 9.05 Å². The van der Waals surface area contributed by atoms with E-state index < -0.39 is 22.6 Å². The van der Waals surface area contributed by atoms with Crippen LogP contribution in [0.2, 0.25) is 0 Å². The van der Waals surface area contributed by atoms with Crippen molar-refractivity contribution in [2.45, 2.75) is 84.3 Å². The Bertz CT molecular complexity index is 219. The van der Waals surface area contributed by atoms with Gasteiger partial charge < -0.3 is 0 Å². The lowest BCUT2D eigenvalue weighted by Gasteiger charge is -2.33. The van der Waals surface area contributed by atoms with Crippen LogP contribution in [0.5, 0.6) is 0 Å². The van der Waals surface area contributed by atoms with Gasteiger partial charge in [-0.3, -0.25) is 9.05 Å². The summed E-state index contributed by atoms with van der Waals surface area (Å²) in [5, 5.41) is 0. The van der Waals surface area contributed by atoms with Crippen molar-refractivity contribution in [3.63, 3.8) is 0 Å². The number of hydrogen-bond donors (Lipinski definition) is 0. The Morgan fingerprint density at radius 3 is 1.00 bits per heavy atom. The highest BCUT2D eigenvalue weighted by Gasteiger charge is 2.41. The minimum absolute atomic E-state index is 0.0915. The molecule has 0 rings (SSSR count). The molecule has 0 unspecified atom stereocenters. The first-order chi connectivity index (χ1) is 8.48. The van der Waals surface area contributed by atoms with E-state index in [9.17, 15) is 8.78 Å². The second-order valence-electron chi connectivity index (χ2n) is 5.74. The van der Waals surface area contributed by atoms with E-state index in [1.165, 1.54) is 0 Å². The molecule has 0 aromatic carbocycles. The molecule has 0 aliphatic heterocycles. The molecule has 6 heteroatoms. The van der Waals surface area contributed by atoms with Gasteiger partial charge in [-0.05, 0) is 22.6 Å². The largest absolute Gasteiger partial charge is 0.491 e. The van der Waals surface area contributed by atoms with Crippen LogP contribution in [0.1, 0.15) is 55.4 Å². The first-order valence-corrected chi connectivity index (χ1v) is 9.60. The second-order valence-corrected chi connectivity index (χ2v) is 11.7. The summed E-state index contributed by atoms with van der Waals surface area (Å²) in [6.07, 6.45) is -3.47. The number of alkyl halides is 2. The fourth-order valence-electron chi connectivity index (χ4n) is 1.88. The van der Waals surface area contributed by atoms with Crippen molar-refractivity contribution in [3.05, 3.63) is 0 Å². The van der Waals surface area contributed by atoms with Gasteiger partial charge in [0.15, 0.2) is 0 Å². The molecule has 0 aliphatic rings. The van der Waals surface area contributed by atoms with Gasteiger partial charge in [-0.1, -0.05) is 55.4 Å². The lowest BCUT2D eigenvalue weighted by molar-refractivity contribution is -0.304. The normalized spacial score (nSPS) is 13.9. The van der Waals surface area contributed by atoms with Crippen LogP contribution < -0.4 is 0 Å². The molecule has 0 saturated carbocycles. The summed E-state index contributed by atoms with van der Waals surface area (Å²) in [5.41, 5.74) is 0.366. The van der Waals surface area contributed by atoms with E-state index in [0.29, 0.717) is 0 Å². The van der Waals surface area contributed by atoms with Crippen molar-refractivity contribution in [1.82, 2.24) is 0 Å². The van der Waals surface area contributed by atoms with Crippen LogP contribution in [-0.2, 0) is 9.05 Å². The molecule has 0 spiro atoms. The van der Waals surface area contributed by atoms with Crippen LogP contribution in [0.4, 0.5) is 8.78 Å². The highest BCUT2D eigenvalue weighted by atomic mass is 31.1. The molecule has 0 heterocycles. The zero-order valence-electron chi connectivity index (χ0n) is 13.3. The van der Waals surface area contributed by atoms with Gasteiger partial charge in [-0.25, -0.2) is 0 Å². The summed E-state index contributed by atoms with van der Waals surface area (Å²) in [6, 6.07) is 0. The molecule has 0 N–H and O–H groups in total. The number of rotatable bonds is 8. The standard InChI is InChI=1S/C13H28F2O2P2/c1-9(2)18(10(3)4)16-13(14,15)17-19(11(5)6)12(7)8/h9-12H,1-8H3. The average Bonchev–Trinajstić information content (AvgIpc) is 2.21. The molecule has 0 saturated heterocycles. The van der Waals surface area contributed by atoms with Crippen molar-refractivity contribution >= 4 is 16.3 Å². The lowest BCUT2D eigenvalue weighted by atomic mass is 10.5. The van der Waals surface area contributed by atoms with Crippen molar-refractivity contribution in [2.24, 2.45) is 0 Å². The Hall–Kier alpha value is 0.640.